The van der Waals surface area contributed by atoms with Gasteiger partial charge in [0, 0.05) is 22.4 Å². The lowest BCUT2D eigenvalue weighted by Crippen LogP contribution is -2.17. The summed E-state index contributed by atoms with van der Waals surface area (Å²) in [5, 5.41) is 11.2. The maximum atomic E-state index is 11.3. The molecule has 1 atom stereocenters. The molecule has 0 aliphatic rings. The number of ether oxygens (including phenoxy) is 1. The molecule has 0 spiro atoms. The van der Waals surface area contributed by atoms with Crippen molar-refractivity contribution in [2.75, 3.05) is 11.9 Å². The highest BCUT2D eigenvalue weighted by atomic mass is 79.9. The van der Waals surface area contributed by atoms with E-state index in [1.165, 1.54) is 0 Å². The third kappa shape index (κ3) is 3.15. The van der Waals surface area contributed by atoms with Crippen LogP contribution < -0.4 is 4.74 Å². The zero-order valence-electron chi connectivity index (χ0n) is 11.4. The number of fused-ring (bicyclic) bond motifs is 1. The quantitative estimate of drug-likeness (QED) is 0.615. The Morgan fingerprint density at radius 2 is 2.25 bits per heavy atom. The van der Waals surface area contributed by atoms with Crippen molar-refractivity contribution in [2.45, 2.75) is 25.8 Å². The minimum atomic E-state index is -0.803. The van der Waals surface area contributed by atoms with Crippen LogP contribution in [0.25, 0.3) is 10.9 Å². The third-order valence-electron chi connectivity index (χ3n) is 3.25. The van der Waals surface area contributed by atoms with Crippen LogP contribution in [-0.2, 0) is 4.79 Å². The summed E-state index contributed by atoms with van der Waals surface area (Å²) in [5.74, 6) is 0.0159. The zero-order valence-corrected chi connectivity index (χ0v) is 13.0. The van der Waals surface area contributed by atoms with Crippen LogP contribution in [0.3, 0.4) is 0 Å². The summed E-state index contributed by atoms with van der Waals surface area (Å²) in [6.45, 7) is 2.55. The molecule has 0 radical (unpaired) electrons. The zero-order chi connectivity index (χ0) is 14.5. The largest absolute Gasteiger partial charge is 0.494 e. The Labute approximate surface area is 126 Å². The fourth-order valence-electron chi connectivity index (χ4n) is 2.24. The summed E-state index contributed by atoms with van der Waals surface area (Å²) < 4.78 is 7.45. The van der Waals surface area contributed by atoms with Gasteiger partial charge < -0.3 is 14.4 Å². The highest BCUT2D eigenvalue weighted by Crippen LogP contribution is 2.26. The van der Waals surface area contributed by atoms with Crippen molar-refractivity contribution >= 4 is 32.8 Å². The van der Waals surface area contributed by atoms with Gasteiger partial charge in [-0.25, -0.2) is 4.79 Å². The molecule has 2 aromatic rings. The van der Waals surface area contributed by atoms with Gasteiger partial charge >= 0.3 is 5.97 Å². The molecule has 1 N–H and O–H groups in total. The number of nitrogens with zero attached hydrogens (tertiary/aromatic N) is 1. The van der Waals surface area contributed by atoms with Crippen molar-refractivity contribution in [3.8, 4) is 5.75 Å². The van der Waals surface area contributed by atoms with E-state index in [0.717, 1.165) is 28.4 Å². The number of halogens is 1. The molecular weight excluding hydrogens is 322 g/mol. The molecular formula is C15H18BrNO3. The normalized spacial score (nSPS) is 12.5. The van der Waals surface area contributed by atoms with Gasteiger partial charge in [-0.15, -0.1) is 0 Å². The number of carbonyl (C=O) groups is 1. The van der Waals surface area contributed by atoms with Gasteiger partial charge in [0.15, 0.2) is 0 Å². The van der Waals surface area contributed by atoms with Crippen LogP contribution in [0, 0.1) is 0 Å². The van der Waals surface area contributed by atoms with Gasteiger partial charge in [-0.3, -0.25) is 0 Å². The number of hydrogen-bond acceptors (Lipinski definition) is 2. The SMILES string of the molecule is CCC(C(=O)O)n1ccc2cc(OCCCBr)ccc21. The van der Waals surface area contributed by atoms with E-state index in [0.29, 0.717) is 13.0 Å². The molecule has 0 aliphatic carbocycles. The summed E-state index contributed by atoms with van der Waals surface area (Å²) >= 11 is 3.36. The summed E-state index contributed by atoms with van der Waals surface area (Å²) in [5.41, 5.74) is 0.923. The first-order valence-electron chi connectivity index (χ1n) is 6.69. The fourth-order valence-corrected chi connectivity index (χ4v) is 2.47. The molecule has 0 amide bonds. The highest BCUT2D eigenvalue weighted by Gasteiger charge is 2.18. The van der Waals surface area contributed by atoms with Crippen LogP contribution in [0.4, 0.5) is 0 Å². The summed E-state index contributed by atoms with van der Waals surface area (Å²) in [6.07, 6.45) is 3.34. The number of aliphatic carboxylic acids is 1. The van der Waals surface area contributed by atoms with Gasteiger partial charge in [0.05, 0.1) is 6.61 Å². The molecule has 20 heavy (non-hydrogen) atoms. The second-order valence-corrected chi connectivity index (χ2v) is 5.39. The number of aromatic nitrogens is 1. The molecule has 1 aromatic heterocycles. The topological polar surface area (TPSA) is 51.5 Å². The lowest BCUT2D eigenvalue weighted by Gasteiger charge is -2.13. The molecule has 1 unspecified atom stereocenters. The van der Waals surface area contributed by atoms with Crippen molar-refractivity contribution in [1.82, 2.24) is 4.57 Å². The minimum absolute atomic E-state index is 0.521. The van der Waals surface area contributed by atoms with Crippen LogP contribution >= 0.6 is 15.9 Å². The van der Waals surface area contributed by atoms with Gasteiger partial charge in [0.2, 0.25) is 0 Å². The second-order valence-electron chi connectivity index (χ2n) is 4.60. The standard InChI is InChI=1S/C15H18BrNO3/c1-2-13(15(18)19)17-8-6-11-10-12(4-5-14(11)17)20-9-3-7-16/h4-6,8,10,13H,2-3,7,9H2,1H3,(H,18,19). The van der Waals surface area contributed by atoms with Crippen molar-refractivity contribution < 1.29 is 14.6 Å². The number of hydrogen-bond donors (Lipinski definition) is 1. The first kappa shape index (κ1) is 14.9. The summed E-state index contributed by atoms with van der Waals surface area (Å²) in [4.78, 5) is 11.3. The van der Waals surface area contributed by atoms with E-state index in [9.17, 15) is 9.90 Å². The van der Waals surface area contributed by atoms with Crippen molar-refractivity contribution in [1.29, 1.82) is 0 Å². The average Bonchev–Trinajstić information content (AvgIpc) is 2.83. The van der Waals surface area contributed by atoms with E-state index >= 15 is 0 Å². The van der Waals surface area contributed by atoms with Crippen LogP contribution in [0.5, 0.6) is 5.75 Å². The van der Waals surface area contributed by atoms with Crippen molar-refractivity contribution in [3.63, 3.8) is 0 Å². The van der Waals surface area contributed by atoms with Crippen molar-refractivity contribution in [3.05, 3.63) is 30.5 Å². The summed E-state index contributed by atoms with van der Waals surface area (Å²) in [6, 6.07) is 7.17. The van der Waals surface area contributed by atoms with E-state index < -0.39 is 12.0 Å². The fraction of sp³-hybridized carbons (Fsp3) is 0.400. The monoisotopic (exact) mass is 339 g/mol. The van der Waals surface area contributed by atoms with Gasteiger partial charge in [0.1, 0.15) is 11.8 Å². The molecule has 108 valence electrons. The molecule has 0 saturated carbocycles. The Kier molecular flexibility index (Phi) is 5.06. The first-order valence-corrected chi connectivity index (χ1v) is 7.81. The van der Waals surface area contributed by atoms with E-state index in [-0.39, 0.29) is 0 Å². The molecule has 2 rings (SSSR count). The van der Waals surface area contributed by atoms with Crippen molar-refractivity contribution in [2.24, 2.45) is 0 Å². The number of alkyl halides is 1. The molecule has 1 heterocycles. The minimum Gasteiger partial charge on any atom is -0.494 e. The molecule has 1 aromatic carbocycles. The lowest BCUT2D eigenvalue weighted by molar-refractivity contribution is -0.140. The van der Waals surface area contributed by atoms with Gasteiger partial charge in [-0.05, 0) is 37.1 Å². The molecule has 4 nitrogen and oxygen atoms in total. The third-order valence-corrected chi connectivity index (χ3v) is 3.81. The molecule has 0 aliphatic heterocycles. The van der Waals surface area contributed by atoms with Gasteiger partial charge in [-0.2, -0.15) is 0 Å². The Morgan fingerprint density at radius 3 is 2.90 bits per heavy atom. The second kappa shape index (κ2) is 6.79. The first-order chi connectivity index (χ1) is 9.67. The van der Waals surface area contributed by atoms with Crippen LogP contribution in [0.15, 0.2) is 30.5 Å². The predicted molar refractivity (Wildman–Crippen MR) is 82.8 cm³/mol. The van der Waals surface area contributed by atoms with E-state index in [1.807, 2.05) is 37.4 Å². The predicted octanol–water partition coefficient (Wildman–Crippen LogP) is 3.84. The van der Waals surface area contributed by atoms with Crippen LogP contribution in [0.2, 0.25) is 0 Å². The molecule has 0 bridgehead atoms. The Morgan fingerprint density at radius 1 is 1.45 bits per heavy atom. The smallest absolute Gasteiger partial charge is 0.326 e. The maximum absolute atomic E-state index is 11.3. The van der Waals surface area contributed by atoms with Crippen LogP contribution in [0.1, 0.15) is 25.8 Å². The summed E-state index contributed by atoms with van der Waals surface area (Å²) in [7, 11) is 0. The molecule has 0 fully saturated rings. The van der Waals surface area contributed by atoms with Crippen LogP contribution in [-0.4, -0.2) is 27.6 Å². The number of benzene rings is 1. The number of carboxylic acids is 1. The van der Waals surface area contributed by atoms with E-state index in [4.69, 9.17) is 4.74 Å². The molecule has 0 saturated heterocycles. The lowest BCUT2D eigenvalue weighted by atomic mass is 10.2. The number of carboxylic acid groups (broad SMARTS) is 1. The highest BCUT2D eigenvalue weighted by molar-refractivity contribution is 9.09. The average molecular weight is 340 g/mol. The Bertz CT molecular complexity index is 594. The Balaban J connectivity index is 2.26. The van der Waals surface area contributed by atoms with Gasteiger partial charge in [-0.1, -0.05) is 22.9 Å². The molecule has 5 heteroatoms. The van der Waals surface area contributed by atoms with Gasteiger partial charge in [0.25, 0.3) is 0 Å². The Hall–Kier alpha value is -1.49. The van der Waals surface area contributed by atoms with E-state index in [2.05, 4.69) is 15.9 Å². The maximum Gasteiger partial charge on any atom is 0.326 e. The van der Waals surface area contributed by atoms with E-state index in [1.54, 1.807) is 4.57 Å². The number of rotatable bonds is 7.